The third kappa shape index (κ3) is 4.77. The van der Waals surface area contributed by atoms with Crippen molar-refractivity contribution in [1.29, 1.82) is 5.26 Å². The summed E-state index contributed by atoms with van der Waals surface area (Å²) in [5.74, 6) is 1.16. The van der Waals surface area contributed by atoms with Gasteiger partial charge in [0.05, 0.1) is 11.8 Å². The Morgan fingerprint density at radius 3 is 1.54 bits per heavy atom. The largest absolute Gasteiger partial charge is 1.00 e. The van der Waals surface area contributed by atoms with E-state index in [1.165, 1.54) is 27.7 Å². The highest BCUT2D eigenvalue weighted by Crippen LogP contribution is 2.55. The molecule has 0 amide bonds. The molecule has 0 bridgehead atoms. The second-order valence-corrected chi connectivity index (χ2v) is 12.0. The number of nitrogens with zero attached hydrogens (tertiary/aromatic N) is 2. The number of rotatable bonds is 7. The van der Waals surface area contributed by atoms with Crippen LogP contribution < -0.4 is 33.8 Å². The van der Waals surface area contributed by atoms with Crippen molar-refractivity contribution < 1.29 is 12.4 Å². The molecule has 1 N–H and O–H groups in total. The Labute approximate surface area is 217 Å². The predicted octanol–water partition coefficient (Wildman–Crippen LogP) is 2.32. The summed E-state index contributed by atoms with van der Waals surface area (Å²) in [4.78, 5) is 8.80. The summed E-state index contributed by atoms with van der Waals surface area (Å²) in [5.41, 5.74) is 2.11. The Kier molecular flexibility index (Phi) is 8.06. The lowest BCUT2D eigenvalue weighted by Gasteiger charge is -2.26. The second kappa shape index (κ2) is 11.4. The Morgan fingerprint density at radius 2 is 1.11 bits per heavy atom. The zero-order valence-electron chi connectivity index (χ0n) is 18.9. The number of H-pyrrole nitrogens is 1. The highest BCUT2D eigenvalue weighted by atomic mass is 35.5. The number of benzene rings is 4. The fraction of sp³-hybridized carbons (Fsp3) is 0.0345. The highest BCUT2D eigenvalue weighted by molar-refractivity contribution is 8.04. The third-order valence-corrected chi connectivity index (χ3v) is 10.9. The van der Waals surface area contributed by atoms with E-state index in [9.17, 15) is 5.26 Å². The lowest BCUT2D eigenvalue weighted by Crippen LogP contribution is -3.00. The highest BCUT2D eigenvalue weighted by Gasteiger charge is 2.51. The smallest absolute Gasteiger partial charge is 0.210 e. The molecular formula is C29H23ClN3PS. The summed E-state index contributed by atoms with van der Waals surface area (Å²) in [5, 5.41) is 14.0. The Balaban J connectivity index is 0.00000289. The third-order valence-electron chi connectivity index (χ3n) is 5.74. The fourth-order valence-electron chi connectivity index (χ4n) is 4.30. The van der Waals surface area contributed by atoms with Crippen LogP contribution in [-0.2, 0) is 0 Å². The van der Waals surface area contributed by atoms with Gasteiger partial charge in [-0.2, -0.15) is 5.26 Å². The monoisotopic (exact) mass is 511 g/mol. The quantitative estimate of drug-likeness (QED) is 0.269. The number of imidazole rings is 1. The van der Waals surface area contributed by atoms with Gasteiger partial charge in [-0.05, 0) is 36.4 Å². The van der Waals surface area contributed by atoms with E-state index in [0.717, 1.165) is 21.8 Å². The number of hydrogen-bond donors (Lipinski definition) is 1. The van der Waals surface area contributed by atoms with Crippen LogP contribution in [0.5, 0.6) is 0 Å². The minimum Gasteiger partial charge on any atom is -1.00 e. The van der Waals surface area contributed by atoms with Crippen LogP contribution in [0.15, 0.2) is 126 Å². The molecule has 0 aliphatic heterocycles. The first-order valence-electron chi connectivity index (χ1n) is 11.1. The average Bonchev–Trinajstić information content (AvgIpc) is 3.35. The van der Waals surface area contributed by atoms with E-state index in [0.29, 0.717) is 5.75 Å². The standard InChI is InChI=1S/C29H23N3PS.ClH/c30-21-22-34-29-28(31-27(32-29)23-13-5-1-6-14-23)33(24-15-7-2-8-16-24,25-17-9-3-10-18-25)26-19-11-4-12-20-26;/h1-20H,22H2,(H,31,32);1H/q+1;/p-1. The molecular weight excluding hydrogens is 489 g/mol. The molecule has 0 unspecified atom stereocenters. The number of nitriles is 1. The molecule has 1 heterocycles. The van der Waals surface area contributed by atoms with Crippen LogP contribution in [0.2, 0.25) is 0 Å². The van der Waals surface area contributed by atoms with Crippen molar-refractivity contribution in [2.24, 2.45) is 0 Å². The zero-order chi connectivity index (χ0) is 23.2. The van der Waals surface area contributed by atoms with Crippen LogP contribution in [0.1, 0.15) is 0 Å². The second-order valence-electron chi connectivity index (χ2n) is 7.73. The van der Waals surface area contributed by atoms with Crippen LogP contribution in [0.4, 0.5) is 0 Å². The van der Waals surface area contributed by atoms with Crippen LogP contribution >= 0.6 is 19.0 Å². The van der Waals surface area contributed by atoms with Crippen LogP contribution in [-0.4, -0.2) is 15.7 Å². The molecule has 0 aliphatic rings. The van der Waals surface area contributed by atoms with Crippen molar-refractivity contribution in [3.05, 3.63) is 121 Å². The summed E-state index contributed by atoms with van der Waals surface area (Å²) in [6, 6.07) is 44.6. The molecule has 0 radical (unpaired) electrons. The molecule has 0 saturated heterocycles. The molecule has 6 heteroatoms. The molecule has 1 aromatic heterocycles. The fourth-order valence-corrected chi connectivity index (χ4v) is 9.59. The van der Waals surface area contributed by atoms with E-state index in [-0.39, 0.29) is 12.4 Å². The van der Waals surface area contributed by atoms with Gasteiger partial charge in [0.1, 0.15) is 21.7 Å². The van der Waals surface area contributed by atoms with Gasteiger partial charge < -0.3 is 17.4 Å². The van der Waals surface area contributed by atoms with Gasteiger partial charge in [0, 0.05) is 5.56 Å². The van der Waals surface area contributed by atoms with Gasteiger partial charge in [0.15, 0.2) is 12.3 Å². The lowest BCUT2D eigenvalue weighted by molar-refractivity contribution is -0.00000685. The van der Waals surface area contributed by atoms with Gasteiger partial charge in [-0.25, -0.2) is 4.98 Å². The van der Waals surface area contributed by atoms with Crippen molar-refractivity contribution in [2.75, 3.05) is 5.75 Å². The van der Waals surface area contributed by atoms with E-state index in [1.807, 2.05) is 18.2 Å². The van der Waals surface area contributed by atoms with E-state index in [1.54, 1.807) is 0 Å². The van der Waals surface area contributed by atoms with Crippen molar-refractivity contribution in [3.63, 3.8) is 0 Å². The molecule has 0 atom stereocenters. The van der Waals surface area contributed by atoms with Gasteiger partial charge in [0.2, 0.25) is 5.44 Å². The first-order chi connectivity index (χ1) is 16.8. The van der Waals surface area contributed by atoms with E-state index >= 15 is 0 Å². The number of hydrogen-bond acceptors (Lipinski definition) is 3. The Bertz CT molecular complexity index is 1310. The molecule has 0 spiro atoms. The summed E-state index contributed by atoms with van der Waals surface area (Å²) in [6.07, 6.45) is 0. The number of aromatic nitrogens is 2. The topological polar surface area (TPSA) is 52.5 Å². The van der Waals surface area contributed by atoms with Gasteiger partial charge in [0.25, 0.3) is 0 Å². The maximum Gasteiger partial charge on any atom is 0.210 e. The Morgan fingerprint density at radius 1 is 0.686 bits per heavy atom. The summed E-state index contributed by atoms with van der Waals surface area (Å²) in [6.45, 7) is 0. The van der Waals surface area contributed by atoms with E-state index in [2.05, 4.69) is 114 Å². The van der Waals surface area contributed by atoms with Crippen molar-refractivity contribution in [3.8, 4) is 17.5 Å². The molecule has 5 aromatic rings. The van der Waals surface area contributed by atoms with Crippen molar-refractivity contribution in [1.82, 2.24) is 9.97 Å². The van der Waals surface area contributed by atoms with E-state index < -0.39 is 7.26 Å². The molecule has 4 aromatic carbocycles. The molecule has 0 fully saturated rings. The van der Waals surface area contributed by atoms with Crippen molar-refractivity contribution in [2.45, 2.75) is 5.03 Å². The van der Waals surface area contributed by atoms with Crippen LogP contribution in [0.3, 0.4) is 0 Å². The van der Waals surface area contributed by atoms with Gasteiger partial charge in [-0.3, -0.25) is 0 Å². The molecule has 5 rings (SSSR count). The van der Waals surface area contributed by atoms with Gasteiger partial charge in [-0.15, -0.1) is 0 Å². The van der Waals surface area contributed by atoms with Crippen molar-refractivity contribution >= 4 is 40.4 Å². The zero-order valence-corrected chi connectivity index (χ0v) is 21.3. The summed E-state index contributed by atoms with van der Waals surface area (Å²) >= 11 is 1.50. The number of aromatic amines is 1. The SMILES string of the molecule is N#CCSc1nc(-c2ccccc2)[nH]c1[P+](c1ccccc1)(c1ccccc1)c1ccccc1.[Cl-]. The normalized spacial score (nSPS) is 10.8. The number of halogens is 1. The summed E-state index contributed by atoms with van der Waals surface area (Å²) < 4.78 is 0. The molecule has 35 heavy (non-hydrogen) atoms. The number of nitrogens with one attached hydrogen (secondary N) is 1. The lowest BCUT2D eigenvalue weighted by atomic mass is 10.2. The first kappa shape index (κ1) is 24.8. The maximum atomic E-state index is 9.40. The van der Waals surface area contributed by atoms with E-state index in [4.69, 9.17) is 4.98 Å². The van der Waals surface area contributed by atoms with Gasteiger partial charge in [-0.1, -0.05) is 96.7 Å². The molecule has 3 nitrogen and oxygen atoms in total. The Hall–Kier alpha value is -3.35. The van der Waals surface area contributed by atoms with Gasteiger partial charge >= 0.3 is 0 Å². The average molecular weight is 512 g/mol. The van der Waals surface area contributed by atoms with Crippen LogP contribution in [0.25, 0.3) is 11.4 Å². The molecule has 0 saturated carbocycles. The minimum absolute atomic E-state index is 0. The van der Waals surface area contributed by atoms with Crippen LogP contribution in [0, 0.1) is 11.3 Å². The first-order valence-corrected chi connectivity index (χ1v) is 13.8. The molecule has 172 valence electrons. The summed E-state index contributed by atoms with van der Waals surface area (Å²) in [7, 11) is -2.33. The minimum atomic E-state index is -2.33. The number of thioether (sulfide) groups is 1. The maximum absolute atomic E-state index is 9.40. The molecule has 0 aliphatic carbocycles. The predicted molar refractivity (Wildman–Crippen MR) is 145 cm³/mol.